The van der Waals surface area contributed by atoms with Crippen molar-refractivity contribution in [1.29, 1.82) is 0 Å². The molecule has 7 nitrogen and oxygen atoms in total. The van der Waals surface area contributed by atoms with Crippen molar-refractivity contribution in [3.8, 4) is 0 Å². The largest absolute Gasteiger partial charge is 0.394 e. The first-order valence-electron chi connectivity index (χ1n) is 5.40. The number of nitrogens with one attached hydrogen (secondary N) is 1. The van der Waals surface area contributed by atoms with Crippen LogP contribution < -0.4 is 11.2 Å². The summed E-state index contributed by atoms with van der Waals surface area (Å²) in [5.41, 5.74) is -0.759. The summed E-state index contributed by atoms with van der Waals surface area (Å²) in [7, 11) is 0. The predicted octanol–water partition coefficient (Wildman–Crippen LogP) is -1.61. The minimum atomic E-state index is -0.984. The lowest BCUT2D eigenvalue weighted by Crippen LogP contribution is -2.36. The Kier molecular flexibility index (Phi) is 3.62. The molecular formula is C10H14N2O5S. The topological polar surface area (TPSA) is 105 Å². The summed E-state index contributed by atoms with van der Waals surface area (Å²) >= 11 is 4.18. The maximum Gasteiger partial charge on any atom is 0.330 e. The highest BCUT2D eigenvalue weighted by molar-refractivity contribution is 7.81. The molecule has 0 aliphatic carbocycles. The van der Waals surface area contributed by atoms with E-state index in [4.69, 9.17) is 9.84 Å². The Bertz CT molecular complexity index is 554. The zero-order chi connectivity index (χ0) is 13.4. The quantitative estimate of drug-likeness (QED) is 0.486. The summed E-state index contributed by atoms with van der Waals surface area (Å²) in [6, 6.07) is 0. The lowest BCUT2D eigenvalue weighted by Gasteiger charge is -2.17. The van der Waals surface area contributed by atoms with Gasteiger partial charge in [0.15, 0.2) is 6.23 Å². The molecule has 0 saturated carbocycles. The van der Waals surface area contributed by atoms with Crippen LogP contribution in [-0.2, 0) is 4.74 Å². The average molecular weight is 274 g/mol. The van der Waals surface area contributed by atoms with Crippen LogP contribution in [0.5, 0.6) is 0 Å². The predicted molar refractivity (Wildman–Crippen MR) is 65.8 cm³/mol. The number of nitrogens with zero attached hydrogens (tertiary/aromatic N) is 1. The first-order chi connectivity index (χ1) is 8.45. The number of aliphatic hydroxyl groups is 2. The monoisotopic (exact) mass is 274 g/mol. The van der Waals surface area contributed by atoms with Gasteiger partial charge in [-0.2, -0.15) is 12.6 Å². The Balaban J connectivity index is 2.42. The Labute approximate surface area is 107 Å². The molecule has 3 N–H and O–H groups in total. The van der Waals surface area contributed by atoms with Crippen molar-refractivity contribution in [3.63, 3.8) is 0 Å². The van der Waals surface area contributed by atoms with E-state index in [-0.39, 0.29) is 6.61 Å². The van der Waals surface area contributed by atoms with Crippen LogP contribution in [0.3, 0.4) is 0 Å². The number of aliphatic hydroxyl groups excluding tert-OH is 2. The third-order valence-electron chi connectivity index (χ3n) is 2.94. The third-order valence-corrected chi connectivity index (χ3v) is 3.50. The fourth-order valence-electron chi connectivity index (χ4n) is 1.88. The molecule has 1 aliphatic rings. The Morgan fingerprint density at radius 2 is 2.22 bits per heavy atom. The smallest absolute Gasteiger partial charge is 0.330 e. The molecule has 2 rings (SSSR count). The number of rotatable bonds is 2. The lowest BCUT2D eigenvalue weighted by atomic mass is 10.2. The summed E-state index contributed by atoms with van der Waals surface area (Å²) < 4.78 is 6.52. The van der Waals surface area contributed by atoms with Gasteiger partial charge in [-0.1, -0.05) is 0 Å². The molecule has 1 saturated heterocycles. The average Bonchev–Trinajstić information content (AvgIpc) is 2.61. The lowest BCUT2D eigenvalue weighted by molar-refractivity contribution is -0.0457. The van der Waals surface area contributed by atoms with Gasteiger partial charge in [-0.25, -0.2) is 4.79 Å². The second-order valence-corrected chi connectivity index (χ2v) is 4.80. The highest BCUT2D eigenvalue weighted by Crippen LogP contribution is 2.31. The van der Waals surface area contributed by atoms with E-state index in [1.165, 1.54) is 6.20 Å². The number of aromatic nitrogens is 2. The van der Waals surface area contributed by atoms with E-state index in [9.17, 15) is 14.7 Å². The number of hydrogen-bond donors (Lipinski definition) is 4. The molecule has 1 aromatic rings. The van der Waals surface area contributed by atoms with Crippen molar-refractivity contribution in [2.45, 2.75) is 30.6 Å². The molecule has 1 aliphatic heterocycles. The van der Waals surface area contributed by atoms with Gasteiger partial charge in [0.1, 0.15) is 6.10 Å². The maximum atomic E-state index is 11.7. The van der Waals surface area contributed by atoms with Crippen LogP contribution in [-0.4, -0.2) is 43.8 Å². The van der Waals surface area contributed by atoms with Crippen molar-refractivity contribution in [3.05, 3.63) is 32.6 Å². The summed E-state index contributed by atoms with van der Waals surface area (Å²) in [4.78, 5) is 25.1. The fraction of sp³-hybridized carbons (Fsp3) is 0.600. The molecule has 2 heterocycles. The molecule has 0 spiro atoms. The van der Waals surface area contributed by atoms with Crippen molar-refractivity contribution >= 4 is 12.6 Å². The molecule has 0 radical (unpaired) electrons. The van der Waals surface area contributed by atoms with Crippen LogP contribution in [0, 0.1) is 6.92 Å². The Morgan fingerprint density at radius 1 is 1.56 bits per heavy atom. The maximum absolute atomic E-state index is 11.7. The fourth-order valence-corrected chi connectivity index (χ4v) is 2.29. The highest BCUT2D eigenvalue weighted by atomic mass is 32.1. The van der Waals surface area contributed by atoms with Gasteiger partial charge in [-0.3, -0.25) is 14.3 Å². The molecule has 18 heavy (non-hydrogen) atoms. The standard InChI is InChI=1S/C10H14N2O5S/c1-4-2-12(10(16)11-8(4)15)9-7(18)6(14)5(3-13)17-9/h2,5-7,9,13-14,18H,3H2,1H3,(H,11,15,16)/t5-,6+,7?,9-/m1/s1. The van der Waals surface area contributed by atoms with E-state index in [0.29, 0.717) is 5.56 Å². The molecule has 1 fully saturated rings. The molecule has 0 bridgehead atoms. The van der Waals surface area contributed by atoms with Crippen LogP contribution in [0.15, 0.2) is 15.8 Å². The number of hydrogen-bond acceptors (Lipinski definition) is 6. The number of H-pyrrole nitrogens is 1. The Hall–Kier alpha value is -1.09. The minimum absolute atomic E-state index is 0.348. The van der Waals surface area contributed by atoms with Crippen molar-refractivity contribution in [2.24, 2.45) is 0 Å². The number of aromatic amines is 1. The molecule has 4 atom stereocenters. The molecule has 0 amide bonds. The zero-order valence-corrected chi connectivity index (χ0v) is 10.5. The number of ether oxygens (including phenoxy) is 1. The van der Waals surface area contributed by atoms with Gasteiger partial charge in [0.2, 0.25) is 0 Å². The van der Waals surface area contributed by atoms with Gasteiger partial charge in [0, 0.05) is 11.8 Å². The van der Waals surface area contributed by atoms with Crippen molar-refractivity contribution in [1.82, 2.24) is 9.55 Å². The van der Waals surface area contributed by atoms with Crippen LogP contribution in [0.25, 0.3) is 0 Å². The first-order valence-corrected chi connectivity index (χ1v) is 5.92. The van der Waals surface area contributed by atoms with Crippen LogP contribution in [0.2, 0.25) is 0 Å². The Morgan fingerprint density at radius 3 is 2.78 bits per heavy atom. The SMILES string of the molecule is Cc1cn([C@@H]2O[C@H](CO)[C@H](O)C2S)c(=O)[nH]c1=O. The molecule has 100 valence electrons. The van der Waals surface area contributed by atoms with Gasteiger partial charge in [-0.05, 0) is 6.92 Å². The summed E-state index contributed by atoms with van der Waals surface area (Å²) in [5.74, 6) is 0. The van der Waals surface area contributed by atoms with Gasteiger partial charge in [-0.15, -0.1) is 0 Å². The highest BCUT2D eigenvalue weighted by Gasteiger charge is 2.42. The molecule has 8 heteroatoms. The van der Waals surface area contributed by atoms with E-state index in [2.05, 4.69) is 17.6 Å². The normalized spacial score (nSPS) is 31.8. The van der Waals surface area contributed by atoms with Crippen LogP contribution >= 0.6 is 12.6 Å². The second kappa shape index (κ2) is 4.88. The van der Waals surface area contributed by atoms with E-state index in [0.717, 1.165) is 4.57 Å². The number of thiol groups is 1. The summed E-state index contributed by atoms with van der Waals surface area (Å²) in [6.45, 7) is 1.18. The van der Waals surface area contributed by atoms with Gasteiger partial charge in [0.25, 0.3) is 5.56 Å². The molecule has 1 aromatic heterocycles. The van der Waals surface area contributed by atoms with Gasteiger partial charge >= 0.3 is 5.69 Å². The van der Waals surface area contributed by atoms with Gasteiger partial charge < -0.3 is 14.9 Å². The van der Waals surface area contributed by atoms with E-state index in [1.807, 2.05) is 0 Å². The number of aryl methyl sites for hydroxylation is 1. The van der Waals surface area contributed by atoms with Crippen molar-refractivity contribution in [2.75, 3.05) is 6.61 Å². The molecule has 1 unspecified atom stereocenters. The van der Waals surface area contributed by atoms with Gasteiger partial charge in [0.05, 0.1) is 18.0 Å². The van der Waals surface area contributed by atoms with Crippen LogP contribution in [0.1, 0.15) is 11.8 Å². The van der Waals surface area contributed by atoms with E-state index < -0.39 is 34.9 Å². The zero-order valence-electron chi connectivity index (χ0n) is 9.61. The van der Waals surface area contributed by atoms with E-state index >= 15 is 0 Å². The third kappa shape index (κ3) is 2.12. The minimum Gasteiger partial charge on any atom is -0.394 e. The second-order valence-electron chi connectivity index (χ2n) is 4.21. The van der Waals surface area contributed by atoms with E-state index in [1.54, 1.807) is 6.92 Å². The summed E-state index contributed by atoms with van der Waals surface area (Å²) in [6.07, 6.45) is -1.26. The van der Waals surface area contributed by atoms with Crippen LogP contribution in [0.4, 0.5) is 0 Å². The summed E-state index contributed by atoms with van der Waals surface area (Å²) in [5, 5.41) is 18.1. The first kappa shape index (κ1) is 13.3. The molecular weight excluding hydrogens is 260 g/mol. The van der Waals surface area contributed by atoms with Crippen molar-refractivity contribution < 1.29 is 14.9 Å². The molecule has 0 aromatic carbocycles.